The smallest absolute Gasteiger partial charge is 0.326 e. The molecule has 8 heteroatoms. The van der Waals surface area contributed by atoms with E-state index in [1.54, 1.807) is 11.6 Å². The van der Waals surface area contributed by atoms with E-state index in [0.29, 0.717) is 24.4 Å². The van der Waals surface area contributed by atoms with Crippen molar-refractivity contribution in [3.8, 4) is 21.8 Å². The van der Waals surface area contributed by atoms with Crippen LogP contribution in [0.1, 0.15) is 23.3 Å². The molecule has 1 amide bonds. The number of carbonyl (C=O) groups excluding carboxylic acids is 1. The highest BCUT2D eigenvalue weighted by atomic mass is 32.1. The van der Waals surface area contributed by atoms with Crippen molar-refractivity contribution in [1.29, 1.82) is 0 Å². The lowest BCUT2D eigenvalue weighted by Crippen LogP contribution is -2.40. The van der Waals surface area contributed by atoms with E-state index in [2.05, 4.69) is 15.2 Å². The van der Waals surface area contributed by atoms with Gasteiger partial charge in [-0.3, -0.25) is 9.89 Å². The first kappa shape index (κ1) is 16.5. The summed E-state index contributed by atoms with van der Waals surface area (Å²) >= 11 is 1.35. The van der Waals surface area contributed by atoms with Gasteiger partial charge < -0.3 is 10.0 Å². The molecule has 1 saturated heterocycles. The third-order valence-electron chi connectivity index (χ3n) is 4.44. The van der Waals surface area contributed by atoms with Crippen LogP contribution in [0.15, 0.2) is 41.9 Å². The molecule has 26 heavy (non-hydrogen) atoms. The minimum absolute atomic E-state index is 0.276. The van der Waals surface area contributed by atoms with Crippen LogP contribution < -0.4 is 0 Å². The van der Waals surface area contributed by atoms with Gasteiger partial charge in [-0.05, 0) is 12.8 Å². The molecule has 1 aliphatic rings. The van der Waals surface area contributed by atoms with Gasteiger partial charge in [0, 0.05) is 23.7 Å². The summed E-state index contributed by atoms with van der Waals surface area (Å²) in [6, 6.07) is 8.96. The Labute approximate surface area is 153 Å². The summed E-state index contributed by atoms with van der Waals surface area (Å²) in [5, 5.41) is 18.8. The third-order valence-corrected chi connectivity index (χ3v) is 5.32. The van der Waals surface area contributed by atoms with Gasteiger partial charge in [0.25, 0.3) is 5.91 Å². The number of thiazole rings is 1. The van der Waals surface area contributed by atoms with Crippen molar-refractivity contribution in [2.24, 2.45) is 0 Å². The van der Waals surface area contributed by atoms with E-state index < -0.39 is 12.0 Å². The Morgan fingerprint density at radius 1 is 1.27 bits per heavy atom. The van der Waals surface area contributed by atoms with E-state index in [0.717, 1.165) is 16.8 Å². The zero-order chi connectivity index (χ0) is 18.1. The lowest BCUT2D eigenvalue weighted by atomic mass is 10.1. The number of hydrogen-bond donors (Lipinski definition) is 2. The Bertz CT molecular complexity index is 950. The summed E-state index contributed by atoms with van der Waals surface area (Å²) in [6.45, 7) is 0.448. The predicted octanol–water partition coefficient (Wildman–Crippen LogP) is 2.89. The second kappa shape index (κ2) is 6.72. The maximum absolute atomic E-state index is 12.7. The van der Waals surface area contributed by atoms with Crippen LogP contribution in [0.3, 0.4) is 0 Å². The number of hydrogen-bond acceptors (Lipinski definition) is 5. The van der Waals surface area contributed by atoms with Gasteiger partial charge in [0.1, 0.15) is 22.4 Å². The van der Waals surface area contributed by atoms with E-state index in [9.17, 15) is 14.7 Å². The Morgan fingerprint density at radius 3 is 2.85 bits per heavy atom. The number of carboxylic acid groups (broad SMARTS) is 1. The highest BCUT2D eigenvalue weighted by molar-refractivity contribution is 7.13. The lowest BCUT2D eigenvalue weighted by Gasteiger charge is -2.20. The molecule has 0 radical (unpaired) electrons. The molecule has 1 fully saturated rings. The minimum Gasteiger partial charge on any atom is -0.480 e. The fraction of sp³-hybridized carbons (Fsp3) is 0.222. The molecule has 0 bridgehead atoms. The van der Waals surface area contributed by atoms with Gasteiger partial charge in [0.2, 0.25) is 0 Å². The largest absolute Gasteiger partial charge is 0.480 e. The number of aromatic amines is 1. The first-order valence-electron chi connectivity index (χ1n) is 8.24. The molecule has 2 aromatic heterocycles. The van der Waals surface area contributed by atoms with Crippen molar-refractivity contribution in [3.63, 3.8) is 0 Å². The maximum Gasteiger partial charge on any atom is 0.326 e. The lowest BCUT2D eigenvalue weighted by molar-refractivity contribution is -0.141. The number of likely N-dealkylation sites (tertiary alicyclic amines) is 1. The maximum atomic E-state index is 12.7. The first-order chi connectivity index (χ1) is 12.6. The molecule has 132 valence electrons. The molecular weight excluding hydrogens is 352 g/mol. The number of amides is 1. The van der Waals surface area contributed by atoms with Crippen LogP contribution in [0.2, 0.25) is 0 Å². The van der Waals surface area contributed by atoms with Crippen LogP contribution in [0.25, 0.3) is 21.8 Å². The molecule has 7 nitrogen and oxygen atoms in total. The number of carboxylic acids is 1. The van der Waals surface area contributed by atoms with Crippen LogP contribution in [-0.2, 0) is 4.79 Å². The van der Waals surface area contributed by atoms with Gasteiger partial charge in [0.15, 0.2) is 0 Å². The highest BCUT2D eigenvalue weighted by Crippen LogP contribution is 2.32. The monoisotopic (exact) mass is 368 g/mol. The van der Waals surface area contributed by atoms with Crippen LogP contribution in [0.5, 0.6) is 0 Å². The molecule has 4 rings (SSSR count). The van der Waals surface area contributed by atoms with E-state index in [1.807, 2.05) is 30.3 Å². The highest BCUT2D eigenvalue weighted by Gasteiger charge is 2.35. The molecule has 0 aliphatic carbocycles. The average molecular weight is 368 g/mol. The van der Waals surface area contributed by atoms with E-state index >= 15 is 0 Å². The summed E-state index contributed by atoms with van der Waals surface area (Å²) in [4.78, 5) is 29.8. The standard InChI is InChI=1S/C18H16N4O3S/c23-17(22-8-4-7-14(22)18(24)25)13-10-26-16(20-13)12-9-19-21-15(12)11-5-2-1-3-6-11/h1-3,5-6,9-10,14H,4,7-8H2,(H,19,21)(H,24,25)/t14-/m0/s1. The second-order valence-corrected chi connectivity index (χ2v) is 6.90. The van der Waals surface area contributed by atoms with Gasteiger partial charge in [-0.15, -0.1) is 11.3 Å². The van der Waals surface area contributed by atoms with E-state index in [4.69, 9.17) is 0 Å². The molecule has 1 atom stereocenters. The quantitative estimate of drug-likeness (QED) is 0.738. The van der Waals surface area contributed by atoms with Crippen molar-refractivity contribution < 1.29 is 14.7 Å². The molecular formula is C18H16N4O3S. The van der Waals surface area contributed by atoms with E-state index in [1.165, 1.54) is 16.2 Å². The molecule has 3 heterocycles. The molecule has 3 aromatic rings. The topological polar surface area (TPSA) is 99.2 Å². The van der Waals surface area contributed by atoms with Crippen molar-refractivity contribution >= 4 is 23.2 Å². The number of aromatic nitrogens is 3. The number of nitrogens with one attached hydrogen (secondary N) is 1. The number of benzene rings is 1. The van der Waals surface area contributed by atoms with Gasteiger partial charge in [-0.2, -0.15) is 5.10 Å². The molecule has 0 spiro atoms. The van der Waals surface area contributed by atoms with Gasteiger partial charge in [-0.1, -0.05) is 30.3 Å². The van der Waals surface area contributed by atoms with Crippen molar-refractivity contribution in [3.05, 3.63) is 47.6 Å². The Balaban J connectivity index is 1.63. The molecule has 0 saturated carbocycles. The summed E-state index contributed by atoms with van der Waals surface area (Å²) in [6.07, 6.45) is 2.93. The normalized spacial score (nSPS) is 16.8. The fourth-order valence-electron chi connectivity index (χ4n) is 3.18. The Hall–Kier alpha value is -3.00. The Morgan fingerprint density at radius 2 is 2.08 bits per heavy atom. The molecule has 1 aliphatic heterocycles. The van der Waals surface area contributed by atoms with Crippen molar-refractivity contribution in [1.82, 2.24) is 20.1 Å². The van der Waals surface area contributed by atoms with Crippen molar-refractivity contribution in [2.45, 2.75) is 18.9 Å². The van der Waals surface area contributed by atoms with E-state index in [-0.39, 0.29) is 11.6 Å². The molecule has 0 unspecified atom stereocenters. The van der Waals surface area contributed by atoms with Crippen LogP contribution in [-0.4, -0.2) is 49.7 Å². The van der Waals surface area contributed by atoms with Crippen LogP contribution in [0, 0.1) is 0 Å². The second-order valence-electron chi connectivity index (χ2n) is 6.05. The van der Waals surface area contributed by atoms with Gasteiger partial charge in [-0.25, -0.2) is 9.78 Å². The average Bonchev–Trinajstić information content (AvgIpc) is 3.41. The van der Waals surface area contributed by atoms with Gasteiger partial charge in [0.05, 0.1) is 5.56 Å². The molecule has 2 N–H and O–H groups in total. The SMILES string of the molecule is O=C(O)[C@@H]1CCCN1C(=O)c1csc(-c2c[nH]nc2-c2ccccc2)n1. The summed E-state index contributed by atoms with van der Waals surface area (Å²) < 4.78 is 0. The van der Waals surface area contributed by atoms with Crippen LogP contribution in [0.4, 0.5) is 0 Å². The van der Waals surface area contributed by atoms with Crippen LogP contribution >= 0.6 is 11.3 Å². The number of aliphatic carboxylic acids is 1. The molecule has 1 aromatic carbocycles. The van der Waals surface area contributed by atoms with Gasteiger partial charge >= 0.3 is 5.97 Å². The minimum atomic E-state index is -0.965. The summed E-state index contributed by atoms with van der Waals surface area (Å²) in [5.74, 6) is -1.30. The number of rotatable bonds is 4. The predicted molar refractivity (Wildman–Crippen MR) is 96.8 cm³/mol. The summed E-state index contributed by atoms with van der Waals surface area (Å²) in [5.41, 5.74) is 2.82. The first-order valence-corrected chi connectivity index (χ1v) is 9.12. The third kappa shape index (κ3) is 2.88. The number of H-pyrrole nitrogens is 1. The summed E-state index contributed by atoms with van der Waals surface area (Å²) in [7, 11) is 0. The zero-order valence-electron chi connectivity index (χ0n) is 13.8. The number of nitrogens with zero attached hydrogens (tertiary/aromatic N) is 3. The Kier molecular flexibility index (Phi) is 4.26. The number of carbonyl (C=O) groups is 2. The zero-order valence-corrected chi connectivity index (χ0v) is 14.6. The van der Waals surface area contributed by atoms with Crippen molar-refractivity contribution in [2.75, 3.05) is 6.54 Å². The fourth-order valence-corrected chi connectivity index (χ4v) is 3.99.